The minimum absolute atomic E-state index is 0.200. The molecule has 0 saturated carbocycles. The smallest absolute Gasteiger partial charge is 0.333 e. The molecule has 0 saturated heterocycles. The lowest BCUT2D eigenvalue weighted by molar-refractivity contribution is 0.316. The Labute approximate surface area is 204 Å². The summed E-state index contributed by atoms with van der Waals surface area (Å²) in [4.78, 5) is 22.5. The summed E-state index contributed by atoms with van der Waals surface area (Å²) in [5.41, 5.74) is 5.29. The van der Waals surface area contributed by atoms with Crippen LogP contribution in [0.25, 0.3) is 38.8 Å². The first-order chi connectivity index (χ1) is 16.6. The van der Waals surface area contributed by atoms with Gasteiger partial charge in [0.05, 0.1) is 47.4 Å². The SMILES string of the molecule is BC(B)(B)Oc1cnccc1-n1c(=O)n(C)c2cnc3cc(OC)c(-c4cn(C)nc4C)cc3c21. The first-order valence-corrected chi connectivity index (χ1v) is 11.3. The van der Waals surface area contributed by atoms with Crippen LogP contribution in [-0.4, -0.2) is 64.8 Å². The molecule has 5 rings (SSSR count). The summed E-state index contributed by atoms with van der Waals surface area (Å²) < 4.78 is 17.0. The van der Waals surface area contributed by atoms with Crippen LogP contribution >= 0.6 is 0 Å². The molecule has 0 unspecified atom stereocenters. The molecule has 0 spiro atoms. The molecule has 4 aromatic heterocycles. The van der Waals surface area contributed by atoms with E-state index in [2.05, 4.69) is 15.1 Å². The summed E-state index contributed by atoms with van der Waals surface area (Å²) >= 11 is 0. The van der Waals surface area contributed by atoms with Crippen molar-refractivity contribution in [2.75, 3.05) is 7.11 Å². The zero-order valence-electron chi connectivity index (χ0n) is 20.9. The number of pyridine rings is 2. The van der Waals surface area contributed by atoms with Gasteiger partial charge in [-0.05, 0) is 19.1 Å². The van der Waals surface area contributed by atoms with Crippen molar-refractivity contribution in [3.8, 4) is 28.3 Å². The van der Waals surface area contributed by atoms with Crippen molar-refractivity contribution < 1.29 is 9.47 Å². The second-order valence-corrected chi connectivity index (χ2v) is 9.60. The topological polar surface area (TPSA) is 89.0 Å². The fourth-order valence-electron chi connectivity index (χ4n) is 4.46. The quantitative estimate of drug-likeness (QED) is 0.336. The molecule has 0 radical (unpaired) electrons. The highest BCUT2D eigenvalue weighted by atomic mass is 16.5. The first kappa shape index (κ1) is 22.8. The summed E-state index contributed by atoms with van der Waals surface area (Å²) in [7, 11) is 11.2. The summed E-state index contributed by atoms with van der Waals surface area (Å²) in [6.45, 7) is 1.96. The number of aromatic nitrogens is 6. The van der Waals surface area contributed by atoms with E-state index in [1.54, 1.807) is 52.6 Å². The van der Waals surface area contributed by atoms with Gasteiger partial charge >= 0.3 is 5.69 Å². The predicted octanol–water partition coefficient (Wildman–Crippen LogP) is -0.121. The molecule has 9 nitrogen and oxygen atoms in total. The number of hydrogen-bond donors (Lipinski definition) is 0. The molecule has 12 heteroatoms. The summed E-state index contributed by atoms with van der Waals surface area (Å²) in [5, 5.41) is 4.85. The fourth-order valence-corrected chi connectivity index (χ4v) is 4.46. The number of imidazole rings is 1. The van der Waals surface area contributed by atoms with Gasteiger partial charge in [-0.15, -0.1) is 0 Å². The molecule has 0 amide bonds. The summed E-state index contributed by atoms with van der Waals surface area (Å²) in [5.74, 6) is 1.21. The number of fused-ring (bicyclic) bond motifs is 3. The molecular weight excluding hydrogens is 441 g/mol. The van der Waals surface area contributed by atoms with Crippen molar-refractivity contribution in [2.45, 2.75) is 12.2 Å². The van der Waals surface area contributed by atoms with E-state index in [4.69, 9.17) is 9.47 Å². The number of ether oxygens (including phenoxy) is 2. The van der Waals surface area contributed by atoms with Crippen LogP contribution in [0, 0.1) is 6.92 Å². The molecule has 174 valence electrons. The van der Waals surface area contributed by atoms with E-state index in [0.717, 1.165) is 27.7 Å². The van der Waals surface area contributed by atoms with Crippen molar-refractivity contribution in [1.82, 2.24) is 28.9 Å². The Morgan fingerprint density at radius 3 is 2.49 bits per heavy atom. The second-order valence-electron chi connectivity index (χ2n) is 9.60. The van der Waals surface area contributed by atoms with Gasteiger partial charge in [-0.2, -0.15) is 5.10 Å². The highest BCUT2D eigenvalue weighted by Crippen LogP contribution is 2.38. The van der Waals surface area contributed by atoms with Gasteiger partial charge in [0, 0.05) is 54.4 Å². The second kappa shape index (κ2) is 8.07. The molecule has 0 atom stereocenters. The zero-order chi connectivity index (χ0) is 25.1. The van der Waals surface area contributed by atoms with Crippen molar-refractivity contribution in [3.05, 3.63) is 59.2 Å². The van der Waals surface area contributed by atoms with E-state index in [1.165, 1.54) is 0 Å². The van der Waals surface area contributed by atoms with Crippen LogP contribution in [0.1, 0.15) is 5.69 Å². The van der Waals surface area contributed by atoms with Crippen LogP contribution in [0.2, 0.25) is 0 Å². The molecule has 0 bridgehead atoms. The molecule has 4 heterocycles. The zero-order valence-corrected chi connectivity index (χ0v) is 20.9. The van der Waals surface area contributed by atoms with E-state index in [9.17, 15) is 4.79 Å². The van der Waals surface area contributed by atoms with Crippen molar-refractivity contribution >= 4 is 45.5 Å². The first-order valence-electron chi connectivity index (χ1n) is 11.3. The molecule has 0 N–H and O–H groups in total. The Hall–Kier alpha value is -3.95. The number of methoxy groups -OCH3 is 1. The molecule has 35 heavy (non-hydrogen) atoms. The van der Waals surface area contributed by atoms with Crippen LogP contribution in [0.5, 0.6) is 11.5 Å². The van der Waals surface area contributed by atoms with Crippen molar-refractivity contribution in [2.24, 2.45) is 14.1 Å². The third-order valence-electron chi connectivity index (χ3n) is 5.93. The highest BCUT2D eigenvalue weighted by molar-refractivity contribution is 6.58. The maximum Gasteiger partial charge on any atom is 0.333 e. The number of benzene rings is 1. The predicted molar refractivity (Wildman–Crippen MR) is 144 cm³/mol. The van der Waals surface area contributed by atoms with Gasteiger partial charge in [0.25, 0.3) is 0 Å². The van der Waals surface area contributed by atoms with Gasteiger partial charge in [0.2, 0.25) is 0 Å². The van der Waals surface area contributed by atoms with Gasteiger partial charge in [-0.3, -0.25) is 23.8 Å². The third kappa shape index (κ3) is 3.79. The molecule has 0 fully saturated rings. The Morgan fingerprint density at radius 2 is 1.83 bits per heavy atom. The lowest BCUT2D eigenvalue weighted by Gasteiger charge is -2.23. The van der Waals surface area contributed by atoms with E-state index in [1.807, 2.05) is 55.8 Å². The lowest BCUT2D eigenvalue weighted by Crippen LogP contribution is -2.38. The average molecular weight is 466 g/mol. The number of nitrogens with zero attached hydrogens (tertiary/aromatic N) is 6. The molecule has 1 aromatic carbocycles. The molecular formula is C23H25B3N6O3. The Kier molecular flexibility index (Phi) is 5.27. The fraction of sp³-hybridized carbons (Fsp3) is 0.217. The third-order valence-corrected chi connectivity index (χ3v) is 5.93. The number of aryl methyl sites for hydroxylation is 3. The van der Waals surface area contributed by atoms with Gasteiger partial charge in [0.1, 0.15) is 29.3 Å². The molecule has 0 aliphatic heterocycles. The van der Waals surface area contributed by atoms with E-state index >= 15 is 0 Å². The normalized spacial score (nSPS) is 11.9. The average Bonchev–Trinajstić information content (AvgIpc) is 3.27. The maximum absolute atomic E-state index is 13.6. The lowest BCUT2D eigenvalue weighted by atomic mass is 9.52. The van der Waals surface area contributed by atoms with Crippen LogP contribution in [0.15, 0.2) is 47.8 Å². The van der Waals surface area contributed by atoms with Gasteiger partial charge < -0.3 is 9.47 Å². The van der Waals surface area contributed by atoms with Crippen LogP contribution in [0.3, 0.4) is 0 Å². The highest BCUT2D eigenvalue weighted by Gasteiger charge is 2.23. The Morgan fingerprint density at radius 1 is 1.06 bits per heavy atom. The largest absolute Gasteiger partial charge is 0.510 e. The molecule has 5 aromatic rings. The van der Waals surface area contributed by atoms with Gasteiger partial charge in [-0.1, -0.05) is 0 Å². The number of rotatable bonds is 5. The minimum Gasteiger partial charge on any atom is -0.510 e. The van der Waals surface area contributed by atoms with E-state index < -0.39 is 5.30 Å². The summed E-state index contributed by atoms with van der Waals surface area (Å²) in [6, 6.07) is 5.72. The van der Waals surface area contributed by atoms with Crippen LogP contribution < -0.4 is 15.2 Å². The molecule has 0 aliphatic carbocycles. The number of hydrogen-bond acceptors (Lipinski definition) is 6. The minimum atomic E-state index is -0.464. The van der Waals surface area contributed by atoms with Crippen LogP contribution in [0.4, 0.5) is 0 Å². The van der Waals surface area contributed by atoms with Gasteiger partial charge in [0.15, 0.2) is 5.75 Å². The Balaban J connectivity index is 1.90. The van der Waals surface area contributed by atoms with Crippen molar-refractivity contribution in [3.63, 3.8) is 0 Å². The van der Waals surface area contributed by atoms with E-state index in [0.29, 0.717) is 28.2 Å². The Bertz CT molecular complexity index is 1670. The molecule has 0 aliphatic rings. The van der Waals surface area contributed by atoms with Crippen LogP contribution in [-0.2, 0) is 14.1 Å². The summed E-state index contributed by atoms with van der Waals surface area (Å²) in [6.07, 6.45) is 6.98. The maximum atomic E-state index is 13.6. The van der Waals surface area contributed by atoms with Crippen molar-refractivity contribution in [1.29, 1.82) is 0 Å². The van der Waals surface area contributed by atoms with Gasteiger partial charge in [-0.25, -0.2) is 4.79 Å². The van der Waals surface area contributed by atoms with E-state index in [-0.39, 0.29) is 5.69 Å². The standard InChI is InChI=1S/C23H25B3N6O3/c1-12-15(11-30(2)29-12)13-7-14-16(8-19(13)34-4)28-9-18-21(14)32(22(33)31(18)3)17-5-6-27-10-20(17)35-23(24,25)26/h5-11H,24-26H2,1-4H3. The monoisotopic (exact) mass is 466 g/mol.